The summed E-state index contributed by atoms with van der Waals surface area (Å²) in [5.41, 5.74) is 0. The van der Waals surface area contributed by atoms with Crippen molar-refractivity contribution in [3.05, 3.63) is 0 Å². The van der Waals surface area contributed by atoms with Crippen molar-refractivity contribution < 1.29 is 39.9 Å². The second kappa shape index (κ2) is 3.35. The molecule has 84 valence electrons. The minimum absolute atomic E-state index is 2.60. The number of carbonyl (C=O) groups excluding carboxylic acids is 1. The largest absolute Gasteiger partial charge is 0.460 e. The van der Waals surface area contributed by atoms with E-state index in [9.17, 15) is 39.9 Å². The third-order valence-electron chi connectivity index (χ3n) is 1.22. The molecule has 0 heterocycles. The highest BCUT2D eigenvalue weighted by Gasteiger charge is 2.75. The maximum absolute atomic E-state index is 12.0. The summed E-state index contributed by atoms with van der Waals surface area (Å²) in [6.07, 6.45) is -6.61. The molecule has 0 aliphatic carbocycles. The second-order valence-electron chi connectivity index (χ2n) is 2.20. The Labute approximate surface area is 71.7 Å². The first-order chi connectivity index (χ1) is 5.98. The van der Waals surface area contributed by atoms with Crippen molar-refractivity contribution in [2.75, 3.05) is 6.67 Å². The van der Waals surface area contributed by atoms with Gasteiger partial charge in [0.2, 0.25) is 5.78 Å². The number of Topliss-reactive ketones (excluding diaryl/α,β-unsaturated/α-hetero) is 1. The van der Waals surface area contributed by atoms with E-state index in [0.29, 0.717) is 0 Å². The van der Waals surface area contributed by atoms with Crippen molar-refractivity contribution in [1.82, 2.24) is 0 Å². The highest BCUT2D eigenvalue weighted by Crippen LogP contribution is 2.46. The molecule has 0 radical (unpaired) electrons. The van der Waals surface area contributed by atoms with Crippen LogP contribution in [0.4, 0.5) is 35.1 Å². The minimum atomic E-state index is -6.61. The summed E-state index contributed by atoms with van der Waals surface area (Å²) in [5.74, 6) is -15.8. The van der Waals surface area contributed by atoms with Crippen LogP contribution in [0.5, 0.6) is 0 Å². The molecule has 0 amide bonds. The normalized spacial score (nSPS) is 14.3. The first-order valence-electron chi connectivity index (χ1n) is 2.90. The maximum atomic E-state index is 12.0. The first-order valence-corrected chi connectivity index (χ1v) is 2.90. The molecule has 0 aromatic carbocycles. The Hall–Kier alpha value is -0.890. The molecule has 1 nitrogen and oxygen atoms in total. The molecular weight excluding hydrogens is 228 g/mol. The summed E-state index contributed by atoms with van der Waals surface area (Å²) < 4.78 is 93.1. The smallest absolute Gasteiger partial charge is 0.290 e. The lowest BCUT2D eigenvalue weighted by Crippen LogP contribution is -2.56. The molecule has 0 saturated heterocycles. The number of hydrogen-bond donors (Lipinski definition) is 0. The summed E-state index contributed by atoms with van der Waals surface area (Å²) in [5, 5.41) is 0. The van der Waals surface area contributed by atoms with Gasteiger partial charge >= 0.3 is 18.0 Å². The number of ketones is 1. The Bertz CT molecular complexity index is 228. The van der Waals surface area contributed by atoms with E-state index in [0.717, 1.165) is 0 Å². The number of halogens is 8. The van der Waals surface area contributed by atoms with Crippen molar-refractivity contribution in [1.29, 1.82) is 0 Å². The zero-order valence-corrected chi connectivity index (χ0v) is 6.14. The molecule has 0 rings (SSSR count). The van der Waals surface area contributed by atoms with Crippen LogP contribution < -0.4 is 0 Å². The van der Waals surface area contributed by atoms with Crippen LogP contribution in [0.1, 0.15) is 0 Å². The summed E-state index contributed by atoms with van der Waals surface area (Å²) >= 11 is 0. The molecule has 0 aromatic heterocycles. The van der Waals surface area contributed by atoms with Crippen LogP contribution >= 0.6 is 0 Å². The summed E-state index contributed by atoms with van der Waals surface area (Å²) in [6, 6.07) is 0. The Morgan fingerprint density at radius 3 is 1.50 bits per heavy atom. The van der Waals surface area contributed by atoms with E-state index in [1.54, 1.807) is 0 Å². The molecule has 9 heteroatoms. The van der Waals surface area contributed by atoms with Crippen molar-refractivity contribution in [2.24, 2.45) is 0 Å². The van der Waals surface area contributed by atoms with Crippen molar-refractivity contribution in [2.45, 2.75) is 18.0 Å². The molecule has 0 atom stereocenters. The molecule has 14 heavy (non-hydrogen) atoms. The Morgan fingerprint density at radius 1 is 0.929 bits per heavy atom. The van der Waals surface area contributed by atoms with Crippen molar-refractivity contribution >= 4 is 5.78 Å². The molecule has 0 bridgehead atoms. The fourth-order valence-corrected chi connectivity index (χ4v) is 0.437. The van der Waals surface area contributed by atoms with Gasteiger partial charge in [0.25, 0.3) is 0 Å². The summed E-state index contributed by atoms with van der Waals surface area (Å²) in [7, 11) is 0. The molecule has 0 unspecified atom stereocenters. The molecule has 0 spiro atoms. The van der Waals surface area contributed by atoms with E-state index < -0.39 is 30.5 Å². The van der Waals surface area contributed by atoms with Crippen LogP contribution in [0.2, 0.25) is 0 Å². The van der Waals surface area contributed by atoms with Gasteiger partial charge in [-0.3, -0.25) is 4.79 Å². The monoisotopic (exact) mass is 230 g/mol. The van der Waals surface area contributed by atoms with E-state index in [1.807, 2.05) is 0 Å². The van der Waals surface area contributed by atoms with E-state index in [4.69, 9.17) is 0 Å². The summed E-state index contributed by atoms with van der Waals surface area (Å²) in [4.78, 5) is 9.82. The average molecular weight is 230 g/mol. The van der Waals surface area contributed by atoms with Crippen molar-refractivity contribution in [3.63, 3.8) is 0 Å². The van der Waals surface area contributed by atoms with E-state index >= 15 is 0 Å². The second-order valence-corrected chi connectivity index (χ2v) is 2.20. The zero-order chi connectivity index (χ0) is 11.8. The highest BCUT2D eigenvalue weighted by atomic mass is 19.4. The quantitative estimate of drug-likeness (QED) is 0.680. The van der Waals surface area contributed by atoms with Crippen LogP contribution in [-0.4, -0.2) is 30.5 Å². The molecule has 0 fully saturated rings. The molecule has 0 saturated carbocycles. The third kappa shape index (κ3) is 1.80. The van der Waals surface area contributed by atoms with Crippen LogP contribution in [0.15, 0.2) is 0 Å². The SMILES string of the molecule is O=C(CF)C(F)(F)C(F)(F)C(F)(F)F. The fourth-order valence-electron chi connectivity index (χ4n) is 0.437. The average Bonchev–Trinajstić information content (AvgIpc) is 2.00. The molecular formula is C5H2F8O. The maximum Gasteiger partial charge on any atom is 0.460 e. The Kier molecular flexibility index (Phi) is 3.14. The predicted molar refractivity (Wildman–Crippen MR) is 26.9 cm³/mol. The zero-order valence-electron chi connectivity index (χ0n) is 6.14. The van der Waals surface area contributed by atoms with E-state index in [2.05, 4.69) is 0 Å². The van der Waals surface area contributed by atoms with Crippen LogP contribution in [0, 0.1) is 0 Å². The topological polar surface area (TPSA) is 17.1 Å². The van der Waals surface area contributed by atoms with Crippen LogP contribution in [-0.2, 0) is 4.79 Å². The van der Waals surface area contributed by atoms with Gasteiger partial charge in [-0.15, -0.1) is 0 Å². The van der Waals surface area contributed by atoms with Crippen molar-refractivity contribution in [3.8, 4) is 0 Å². The third-order valence-corrected chi connectivity index (χ3v) is 1.22. The van der Waals surface area contributed by atoms with Crippen LogP contribution in [0.3, 0.4) is 0 Å². The lowest BCUT2D eigenvalue weighted by molar-refractivity contribution is -0.343. The number of hydrogen-bond acceptors (Lipinski definition) is 1. The Morgan fingerprint density at radius 2 is 1.29 bits per heavy atom. The number of carbonyl (C=O) groups is 1. The highest BCUT2D eigenvalue weighted by molar-refractivity contribution is 5.87. The lowest BCUT2D eigenvalue weighted by atomic mass is 10.1. The van der Waals surface area contributed by atoms with Gasteiger partial charge < -0.3 is 0 Å². The van der Waals surface area contributed by atoms with E-state index in [-0.39, 0.29) is 0 Å². The van der Waals surface area contributed by atoms with Gasteiger partial charge in [0, 0.05) is 0 Å². The standard InChI is InChI=1S/C5H2F8O/c6-1-2(14)3(7,8)4(9,10)5(11,12)13/h1H2. The van der Waals surface area contributed by atoms with Gasteiger partial charge in [0.15, 0.2) is 6.67 Å². The fraction of sp³-hybridized carbons (Fsp3) is 0.800. The van der Waals surface area contributed by atoms with Gasteiger partial charge in [0.05, 0.1) is 0 Å². The van der Waals surface area contributed by atoms with Gasteiger partial charge in [-0.05, 0) is 0 Å². The minimum Gasteiger partial charge on any atom is -0.290 e. The number of alkyl halides is 8. The Balaban J connectivity index is 5.18. The van der Waals surface area contributed by atoms with E-state index in [1.165, 1.54) is 0 Å². The van der Waals surface area contributed by atoms with Gasteiger partial charge in [0.1, 0.15) is 0 Å². The predicted octanol–water partition coefficient (Wildman–Crippen LogP) is 2.36. The molecule has 0 N–H and O–H groups in total. The first kappa shape index (κ1) is 13.1. The number of rotatable bonds is 3. The summed E-state index contributed by atoms with van der Waals surface area (Å²) in [6.45, 7) is -2.60. The van der Waals surface area contributed by atoms with Gasteiger partial charge in [-0.25, -0.2) is 4.39 Å². The lowest BCUT2D eigenvalue weighted by Gasteiger charge is -2.26. The molecule has 0 aliphatic rings. The van der Waals surface area contributed by atoms with Gasteiger partial charge in [-0.1, -0.05) is 0 Å². The molecule has 0 aliphatic heterocycles. The molecule has 0 aromatic rings. The van der Waals surface area contributed by atoms with Gasteiger partial charge in [-0.2, -0.15) is 30.7 Å². The van der Waals surface area contributed by atoms with Crippen LogP contribution in [0.25, 0.3) is 0 Å².